The third-order valence-corrected chi connectivity index (χ3v) is 5.40. The molecule has 0 spiro atoms. The molecule has 3 atom stereocenters. The van der Waals surface area contributed by atoms with E-state index in [0.29, 0.717) is 6.42 Å². The van der Waals surface area contributed by atoms with Crippen LogP contribution in [0.5, 0.6) is 0 Å². The van der Waals surface area contributed by atoms with Gasteiger partial charge in [0.05, 0.1) is 13.2 Å². The minimum absolute atomic E-state index is 0.297. The van der Waals surface area contributed by atoms with Gasteiger partial charge in [-0.1, -0.05) is 96.8 Å². The fraction of sp³-hybridized carbons (Fsp3) is 0.958. The van der Waals surface area contributed by atoms with E-state index in [2.05, 4.69) is 6.92 Å². The summed E-state index contributed by atoms with van der Waals surface area (Å²) < 4.78 is 9.72. The molecule has 4 N–H and O–H groups in total. The predicted molar refractivity (Wildman–Crippen MR) is 122 cm³/mol. The molecule has 186 valence electrons. The van der Waals surface area contributed by atoms with Gasteiger partial charge >= 0.3 is 5.97 Å². The van der Waals surface area contributed by atoms with Gasteiger partial charge in [-0.25, -0.2) is 0 Å². The van der Waals surface area contributed by atoms with Crippen molar-refractivity contribution in [2.45, 2.75) is 128 Å². The highest BCUT2D eigenvalue weighted by atomic mass is 16.6. The van der Waals surface area contributed by atoms with Gasteiger partial charge in [-0.2, -0.15) is 0 Å². The van der Waals surface area contributed by atoms with Gasteiger partial charge < -0.3 is 29.9 Å². The standard InChI is InChI=1S/C24H48O7/c1-2-3-4-5-6-7-8-9-10-11-12-13-14-15-16-17-23(28)30-20-22(27)24(29)31-19-21(26)18-25/h21-22,24-27,29H,2-20H2,1H3. The van der Waals surface area contributed by atoms with Gasteiger partial charge in [0.1, 0.15) is 18.8 Å². The summed E-state index contributed by atoms with van der Waals surface area (Å²) in [5, 5.41) is 37.0. The highest BCUT2D eigenvalue weighted by molar-refractivity contribution is 5.69. The van der Waals surface area contributed by atoms with Crippen molar-refractivity contribution in [3.8, 4) is 0 Å². The molecule has 0 aliphatic rings. The average Bonchev–Trinajstić information content (AvgIpc) is 2.77. The molecule has 7 heteroatoms. The van der Waals surface area contributed by atoms with Crippen LogP contribution in [0.4, 0.5) is 0 Å². The number of aliphatic hydroxyl groups is 4. The summed E-state index contributed by atoms with van der Waals surface area (Å²) in [5.41, 5.74) is 0. The molecular weight excluding hydrogens is 400 g/mol. The van der Waals surface area contributed by atoms with E-state index in [-0.39, 0.29) is 13.2 Å². The van der Waals surface area contributed by atoms with Crippen molar-refractivity contribution in [2.24, 2.45) is 0 Å². The Morgan fingerprint density at radius 1 is 0.710 bits per heavy atom. The Kier molecular flexibility index (Phi) is 21.9. The maximum Gasteiger partial charge on any atom is 0.305 e. The number of aliphatic hydroxyl groups excluding tert-OH is 4. The summed E-state index contributed by atoms with van der Waals surface area (Å²) in [4.78, 5) is 11.7. The lowest BCUT2D eigenvalue weighted by molar-refractivity contribution is -0.191. The van der Waals surface area contributed by atoms with Crippen LogP contribution in [0.2, 0.25) is 0 Å². The smallest absolute Gasteiger partial charge is 0.305 e. The quantitative estimate of drug-likeness (QED) is 0.107. The summed E-state index contributed by atoms with van der Waals surface area (Å²) in [7, 11) is 0. The first kappa shape index (κ1) is 30.3. The van der Waals surface area contributed by atoms with E-state index in [9.17, 15) is 15.0 Å². The number of unbranched alkanes of at least 4 members (excludes halogenated alkanes) is 14. The van der Waals surface area contributed by atoms with Gasteiger partial charge in [0.2, 0.25) is 0 Å². The number of carbonyl (C=O) groups is 1. The summed E-state index contributed by atoms with van der Waals surface area (Å²) in [6.07, 6.45) is 15.1. The first-order valence-corrected chi connectivity index (χ1v) is 12.4. The Morgan fingerprint density at radius 3 is 1.61 bits per heavy atom. The first-order chi connectivity index (χ1) is 15.0. The Bertz CT molecular complexity index is 392. The van der Waals surface area contributed by atoms with E-state index in [0.717, 1.165) is 19.3 Å². The Labute approximate surface area is 189 Å². The summed E-state index contributed by atoms with van der Waals surface area (Å²) in [6.45, 7) is 1.07. The van der Waals surface area contributed by atoms with Crippen molar-refractivity contribution in [2.75, 3.05) is 19.8 Å². The number of hydrogen-bond donors (Lipinski definition) is 4. The van der Waals surface area contributed by atoms with Crippen molar-refractivity contribution in [3.63, 3.8) is 0 Å². The van der Waals surface area contributed by atoms with Crippen LogP contribution in [0, 0.1) is 0 Å². The van der Waals surface area contributed by atoms with Crippen LogP contribution in [0.3, 0.4) is 0 Å². The van der Waals surface area contributed by atoms with Crippen LogP contribution in [0.15, 0.2) is 0 Å². The molecule has 0 aliphatic carbocycles. The largest absolute Gasteiger partial charge is 0.463 e. The lowest BCUT2D eigenvalue weighted by Crippen LogP contribution is -2.36. The number of ether oxygens (including phenoxy) is 2. The van der Waals surface area contributed by atoms with E-state index >= 15 is 0 Å². The first-order valence-electron chi connectivity index (χ1n) is 12.4. The van der Waals surface area contributed by atoms with Crippen LogP contribution in [-0.4, -0.2) is 64.7 Å². The maximum absolute atomic E-state index is 11.7. The van der Waals surface area contributed by atoms with E-state index in [1.165, 1.54) is 77.0 Å². The molecule has 0 fully saturated rings. The van der Waals surface area contributed by atoms with Crippen LogP contribution in [-0.2, 0) is 14.3 Å². The van der Waals surface area contributed by atoms with Crippen LogP contribution >= 0.6 is 0 Å². The SMILES string of the molecule is CCCCCCCCCCCCCCCCCC(=O)OCC(O)C(O)OCC(O)CO. The molecule has 0 saturated heterocycles. The van der Waals surface area contributed by atoms with E-state index in [1.807, 2.05) is 0 Å². The Morgan fingerprint density at radius 2 is 1.16 bits per heavy atom. The van der Waals surface area contributed by atoms with E-state index in [1.54, 1.807) is 0 Å². The highest BCUT2D eigenvalue weighted by Crippen LogP contribution is 2.14. The van der Waals surface area contributed by atoms with Gasteiger partial charge in [-0.15, -0.1) is 0 Å². The number of rotatable bonds is 23. The highest BCUT2D eigenvalue weighted by Gasteiger charge is 2.20. The molecule has 0 aromatic heterocycles. The van der Waals surface area contributed by atoms with Crippen molar-refractivity contribution in [1.29, 1.82) is 0 Å². The molecule has 0 bridgehead atoms. The molecule has 0 heterocycles. The Hall–Kier alpha value is -0.730. The number of esters is 1. The minimum atomic E-state index is -1.58. The second-order valence-electron chi connectivity index (χ2n) is 8.51. The summed E-state index contributed by atoms with van der Waals surface area (Å²) >= 11 is 0. The fourth-order valence-corrected chi connectivity index (χ4v) is 3.35. The van der Waals surface area contributed by atoms with Gasteiger partial charge in [0.15, 0.2) is 6.29 Å². The molecule has 0 aromatic rings. The maximum atomic E-state index is 11.7. The molecule has 31 heavy (non-hydrogen) atoms. The summed E-state index contributed by atoms with van der Waals surface area (Å²) in [6, 6.07) is 0. The Balaban J connectivity index is 3.39. The third kappa shape index (κ3) is 20.9. The second kappa shape index (κ2) is 22.5. The van der Waals surface area contributed by atoms with E-state index in [4.69, 9.17) is 19.7 Å². The molecule has 0 amide bonds. The van der Waals surface area contributed by atoms with Crippen LogP contribution in [0.1, 0.15) is 110 Å². The topological polar surface area (TPSA) is 116 Å². The molecule has 0 rings (SSSR count). The predicted octanol–water partition coefficient (Wildman–Crippen LogP) is 3.84. The molecule has 0 saturated carbocycles. The molecule has 0 aliphatic heterocycles. The molecule has 7 nitrogen and oxygen atoms in total. The van der Waals surface area contributed by atoms with Gasteiger partial charge in [-0.05, 0) is 6.42 Å². The number of carbonyl (C=O) groups excluding carboxylic acids is 1. The normalized spacial score (nSPS) is 14.4. The lowest BCUT2D eigenvalue weighted by atomic mass is 10.0. The molecule has 0 radical (unpaired) electrons. The minimum Gasteiger partial charge on any atom is -0.463 e. The second-order valence-corrected chi connectivity index (χ2v) is 8.51. The van der Waals surface area contributed by atoms with E-state index < -0.39 is 31.1 Å². The monoisotopic (exact) mass is 448 g/mol. The third-order valence-electron chi connectivity index (χ3n) is 5.40. The van der Waals surface area contributed by atoms with Gasteiger partial charge in [0.25, 0.3) is 0 Å². The van der Waals surface area contributed by atoms with Crippen molar-refractivity contribution >= 4 is 5.97 Å². The molecule has 3 unspecified atom stereocenters. The molecular formula is C24H48O7. The van der Waals surface area contributed by atoms with Crippen LogP contribution in [0.25, 0.3) is 0 Å². The zero-order valence-electron chi connectivity index (χ0n) is 19.7. The van der Waals surface area contributed by atoms with Crippen molar-refractivity contribution < 1.29 is 34.7 Å². The summed E-state index contributed by atoms with van der Waals surface area (Å²) in [5.74, 6) is -0.406. The van der Waals surface area contributed by atoms with Crippen molar-refractivity contribution in [1.82, 2.24) is 0 Å². The zero-order chi connectivity index (χ0) is 23.2. The average molecular weight is 449 g/mol. The molecule has 0 aromatic carbocycles. The lowest BCUT2D eigenvalue weighted by Gasteiger charge is -2.19. The van der Waals surface area contributed by atoms with Gasteiger partial charge in [-0.3, -0.25) is 4.79 Å². The fourth-order valence-electron chi connectivity index (χ4n) is 3.35. The van der Waals surface area contributed by atoms with Gasteiger partial charge in [0, 0.05) is 6.42 Å². The number of hydrogen-bond acceptors (Lipinski definition) is 7. The van der Waals surface area contributed by atoms with Crippen LogP contribution < -0.4 is 0 Å². The zero-order valence-corrected chi connectivity index (χ0v) is 19.7. The van der Waals surface area contributed by atoms with Crippen molar-refractivity contribution in [3.05, 3.63) is 0 Å².